The van der Waals surface area contributed by atoms with E-state index >= 15 is 0 Å². The highest BCUT2D eigenvalue weighted by molar-refractivity contribution is 5.96. The smallest absolute Gasteiger partial charge is 0.162 e. The Morgan fingerprint density at radius 3 is 2.57 bits per heavy atom. The largest absolute Gasteiger partial charge is 0.317 e. The fourth-order valence-corrected chi connectivity index (χ4v) is 4.50. The molecule has 1 saturated heterocycles. The van der Waals surface area contributed by atoms with E-state index in [9.17, 15) is 4.79 Å². The summed E-state index contributed by atoms with van der Waals surface area (Å²) in [6.45, 7) is 5.29. The summed E-state index contributed by atoms with van der Waals surface area (Å²) in [5.74, 6) is 1.03. The van der Waals surface area contributed by atoms with Gasteiger partial charge in [-0.15, -0.1) is 0 Å². The van der Waals surface area contributed by atoms with Crippen molar-refractivity contribution in [2.24, 2.45) is 5.92 Å². The maximum Gasteiger partial charge on any atom is 0.162 e. The van der Waals surface area contributed by atoms with Gasteiger partial charge in [-0.05, 0) is 86.0 Å². The van der Waals surface area contributed by atoms with E-state index in [1.54, 1.807) is 0 Å². The second kappa shape index (κ2) is 9.44. The highest BCUT2D eigenvalue weighted by Crippen LogP contribution is 2.22. The average Bonchev–Trinajstić information content (AvgIpc) is 2.95. The summed E-state index contributed by atoms with van der Waals surface area (Å²) in [7, 11) is 0. The molecule has 0 unspecified atom stereocenters. The first-order chi connectivity index (χ1) is 13.8. The summed E-state index contributed by atoms with van der Waals surface area (Å²) >= 11 is 0. The lowest BCUT2D eigenvalue weighted by Crippen LogP contribution is -2.28. The number of nitrogens with one attached hydrogen (secondary N) is 1. The minimum Gasteiger partial charge on any atom is -0.317 e. The Hall–Kier alpha value is -2.04. The first-order valence-electron chi connectivity index (χ1n) is 10.7. The number of nitrogens with zero attached hydrogens (tertiary/aromatic N) is 2. The summed E-state index contributed by atoms with van der Waals surface area (Å²) in [6.07, 6.45) is 9.97. The van der Waals surface area contributed by atoms with Crippen molar-refractivity contribution in [1.82, 2.24) is 15.2 Å². The van der Waals surface area contributed by atoms with Gasteiger partial charge in [0.25, 0.3) is 0 Å². The van der Waals surface area contributed by atoms with Gasteiger partial charge >= 0.3 is 0 Å². The fourth-order valence-electron chi connectivity index (χ4n) is 4.50. The highest BCUT2D eigenvalue weighted by Gasteiger charge is 2.18. The lowest BCUT2D eigenvalue weighted by molar-refractivity contribution is 0.0970. The molecule has 0 atom stereocenters. The number of ketones is 1. The zero-order chi connectivity index (χ0) is 19.2. The van der Waals surface area contributed by atoms with Gasteiger partial charge in [0.1, 0.15) is 0 Å². The molecule has 4 nitrogen and oxygen atoms in total. The van der Waals surface area contributed by atoms with Gasteiger partial charge in [0.05, 0.1) is 0 Å². The van der Waals surface area contributed by atoms with Crippen LogP contribution in [0.4, 0.5) is 0 Å². The van der Waals surface area contributed by atoms with Crippen LogP contribution in [0.2, 0.25) is 0 Å². The van der Waals surface area contributed by atoms with Crippen LogP contribution in [0.25, 0.3) is 0 Å². The van der Waals surface area contributed by atoms with E-state index in [-0.39, 0.29) is 0 Å². The number of aromatic nitrogens is 1. The van der Waals surface area contributed by atoms with E-state index in [1.165, 1.54) is 29.5 Å². The molecule has 0 bridgehead atoms. The molecule has 0 radical (unpaired) electrons. The standard InChI is InChI=1S/C24H31N3O/c28-24(4-1-19-5-11-25-12-6-19)23-3-2-21-9-15-27(16-10-22(21)17-23)18-20-7-13-26-14-8-20/h2-3,7-8,13-14,17,19,25H,1,4-6,9-12,15-16,18H2. The SMILES string of the molecule is O=C(CCC1CCNCC1)c1ccc2c(c1)CCN(Cc1ccncc1)CC2. The highest BCUT2D eigenvalue weighted by atomic mass is 16.1. The van der Waals surface area contributed by atoms with Crippen LogP contribution in [0.15, 0.2) is 42.7 Å². The number of benzene rings is 1. The molecule has 1 aromatic heterocycles. The van der Waals surface area contributed by atoms with Crippen molar-refractivity contribution in [3.05, 3.63) is 65.0 Å². The van der Waals surface area contributed by atoms with Gasteiger partial charge in [0.15, 0.2) is 5.78 Å². The van der Waals surface area contributed by atoms with E-state index in [2.05, 4.69) is 45.5 Å². The summed E-state index contributed by atoms with van der Waals surface area (Å²) < 4.78 is 0. The normalized spacial score (nSPS) is 18.4. The zero-order valence-electron chi connectivity index (χ0n) is 16.7. The van der Waals surface area contributed by atoms with Crippen molar-refractivity contribution in [3.63, 3.8) is 0 Å². The summed E-state index contributed by atoms with van der Waals surface area (Å²) in [4.78, 5) is 19.3. The molecule has 1 fully saturated rings. The zero-order valence-corrected chi connectivity index (χ0v) is 16.7. The third-order valence-corrected chi connectivity index (χ3v) is 6.32. The van der Waals surface area contributed by atoms with Crippen LogP contribution in [-0.4, -0.2) is 41.8 Å². The predicted octanol–water partition coefficient (Wildman–Crippen LogP) is 3.64. The molecule has 148 valence electrons. The summed E-state index contributed by atoms with van der Waals surface area (Å²) in [5.41, 5.74) is 5.00. The van der Waals surface area contributed by atoms with E-state index in [0.29, 0.717) is 18.1 Å². The van der Waals surface area contributed by atoms with Crippen molar-refractivity contribution < 1.29 is 4.79 Å². The monoisotopic (exact) mass is 377 g/mol. The first kappa shape index (κ1) is 19.3. The number of Topliss-reactive ketones (excluding diaryl/α,β-unsaturated/α-hetero) is 1. The van der Waals surface area contributed by atoms with E-state index in [1.807, 2.05) is 12.4 Å². The van der Waals surface area contributed by atoms with Crippen molar-refractivity contribution in [3.8, 4) is 0 Å². The van der Waals surface area contributed by atoms with E-state index in [4.69, 9.17) is 0 Å². The Balaban J connectivity index is 1.34. The quantitative estimate of drug-likeness (QED) is 0.781. The van der Waals surface area contributed by atoms with Gasteiger partial charge in [-0.25, -0.2) is 0 Å². The van der Waals surface area contributed by atoms with Crippen molar-refractivity contribution in [2.75, 3.05) is 26.2 Å². The van der Waals surface area contributed by atoms with Gasteiger partial charge in [-0.3, -0.25) is 14.7 Å². The number of hydrogen-bond acceptors (Lipinski definition) is 4. The lowest BCUT2D eigenvalue weighted by Gasteiger charge is -2.22. The topological polar surface area (TPSA) is 45.2 Å². The second-order valence-electron chi connectivity index (χ2n) is 8.27. The number of carbonyl (C=O) groups excluding carboxylic acids is 1. The van der Waals surface area contributed by atoms with Gasteiger partial charge < -0.3 is 5.32 Å². The van der Waals surface area contributed by atoms with Crippen LogP contribution in [0.1, 0.15) is 52.7 Å². The van der Waals surface area contributed by atoms with Crippen LogP contribution in [-0.2, 0) is 19.4 Å². The number of piperidine rings is 1. The molecule has 1 aromatic carbocycles. The first-order valence-corrected chi connectivity index (χ1v) is 10.7. The molecule has 28 heavy (non-hydrogen) atoms. The van der Waals surface area contributed by atoms with E-state index in [0.717, 1.165) is 57.5 Å². The molecule has 0 amide bonds. The molecular weight excluding hydrogens is 346 g/mol. The van der Waals surface area contributed by atoms with Crippen LogP contribution in [0.3, 0.4) is 0 Å². The lowest BCUT2D eigenvalue weighted by atomic mass is 9.90. The van der Waals surface area contributed by atoms with Crippen molar-refractivity contribution >= 4 is 5.78 Å². The molecule has 2 aromatic rings. The Morgan fingerprint density at radius 2 is 1.79 bits per heavy atom. The maximum atomic E-state index is 12.7. The third-order valence-electron chi connectivity index (χ3n) is 6.32. The maximum absolute atomic E-state index is 12.7. The molecule has 0 saturated carbocycles. The fraction of sp³-hybridized carbons (Fsp3) is 0.500. The summed E-state index contributed by atoms with van der Waals surface area (Å²) in [6, 6.07) is 10.6. The van der Waals surface area contributed by atoms with Crippen LogP contribution < -0.4 is 5.32 Å². The Kier molecular flexibility index (Phi) is 6.50. The van der Waals surface area contributed by atoms with Crippen molar-refractivity contribution in [2.45, 2.75) is 45.1 Å². The number of carbonyl (C=O) groups is 1. The molecule has 3 heterocycles. The van der Waals surface area contributed by atoms with Gasteiger partial charge in [0.2, 0.25) is 0 Å². The van der Waals surface area contributed by atoms with Crippen LogP contribution in [0.5, 0.6) is 0 Å². The molecular formula is C24H31N3O. The average molecular weight is 378 g/mol. The molecule has 0 spiro atoms. The number of rotatable bonds is 6. The van der Waals surface area contributed by atoms with Gasteiger partial charge in [-0.1, -0.05) is 12.1 Å². The minimum atomic E-state index is 0.319. The number of fused-ring (bicyclic) bond motifs is 1. The van der Waals surface area contributed by atoms with E-state index < -0.39 is 0 Å². The molecule has 4 heteroatoms. The molecule has 2 aliphatic rings. The Morgan fingerprint density at radius 1 is 1.04 bits per heavy atom. The van der Waals surface area contributed by atoms with Crippen LogP contribution >= 0.6 is 0 Å². The third kappa shape index (κ3) is 5.06. The second-order valence-corrected chi connectivity index (χ2v) is 8.27. The van der Waals surface area contributed by atoms with Gasteiger partial charge in [-0.2, -0.15) is 0 Å². The predicted molar refractivity (Wildman–Crippen MR) is 113 cm³/mol. The number of hydrogen-bond donors (Lipinski definition) is 1. The number of pyridine rings is 1. The molecule has 2 aliphatic heterocycles. The van der Waals surface area contributed by atoms with Crippen LogP contribution in [0, 0.1) is 5.92 Å². The van der Waals surface area contributed by atoms with Gasteiger partial charge in [0, 0.05) is 44.0 Å². The molecule has 0 aliphatic carbocycles. The minimum absolute atomic E-state index is 0.319. The Bertz CT molecular complexity index is 784. The van der Waals surface area contributed by atoms with Crippen molar-refractivity contribution in [1.29, 1.82) is 0 Å². The Labute approximate surface area is 168 Å². The molecule has 4 rings (SSSR count). The molecule has 1 N–H and O–H groups in total. The summed E-state index contributed by atoms with van der Waals surface area (Å²) in [5, 5.41) is 3.40.